The summed E-state index contributed by atoms with van der Waals surface area (Å²) in [5.41, 5.74) is 1.66. The van der Waals surface area contributed by atoms with E-state index in [1.807, 2.05) is 11.8 Å². The molecule has 0 unspecified atom stereocenters. The van der Waals surface area contributed by atoms with Gasteiger partial charge in [-0.1, -0.05) is 0 Å². The highest BCUT2D eigenvalue weighted by molar-refractivity contribution is 7.13. The van der Waals surface area contributed by atoms with E-state index >= 15 is 0 Å². The molecule has 1 fully saturated rings. The summed E-state index contributed by atoms with van der Waals surface area (Å²) in [5.74, 6) is 1.21. The van der Waals surface area contributed by atoms with Crippen molar-refractivity contribution in [3.05, 3.63) is 34.8 Å². The summed E-state index contributed by atoms with van der Waals surface area (Å²) in [5, 5.41) is 3.09. The molecule has 2 aromatic rings. The number of hydrogen-bond donors (Lipinski definition) is 0. The van der Waals surface area contributed by atoms with Crippen molar-refractivity contribution in [1.29, 1.82) is 0 Å². The Hall–Kier alpha value is -2.28. The van der Waals surface area contributed by atoms with Crippen LogP contribution in [0.3, 0.4) is 0 Å². The van der Waals surface area contributed by atoms with Crippen molar-refractivity contribution in [2.24, 2.45) is 0 Å². The number of aryl methyl sites for hydroxylation is 1. The van der Waals surface area contributed by atoms with Crippen LogP contribution < -0.4 is 14.4 Å². The summed E-state index contributed by atoms with van der Waals surface area (Å²) in [6.45, 7) is 4.96. The van der Waals surface area contributed by atoms with Crippen LogP contribution in [-0.4, -0.2) is 56.2 Å². The lowest BCUT2D eigenvalue weighted by Crippen LogP contribution is -2.48. The maximum Gasteiger partial charge on any atom is 0.254 e. The van der Waals surface area contributed by atoms with Crippen LogP contribution in [0.2, 0.25) is 0 Å². The Morgan fingerprint density at radius 1 is 1.12 bits per heavy atom. The zero-order valence-corrected chi connectivity index (χ0v) is 14.9. The quantitative estimate of drug-likeness (QED) is 0.850. The number of methoxy groups -OCH3 is 2. The number of carbonyl (C=O) groups excluding carboxylic acids is 1. The normalized spacial score (nSPS) is 14.6. The fourth-order valence-corrected chi connectivity index (χ4v) is 3.60. The number of thiazole rings is 1. The SMILES string of the molecule is COc1ccc(C(=O)N2CCN(c3nc(C)cs3)CC2)cc1OC. The highest BCUT2D eigenvalue weighted by Crippen LogP contribution is 2.28. The Kier molecular flexibility index (Phi) is 4.89. The number of benzene rings is 1. The van der Waals surface area contributed by atoms with Crippen LogP contribution in [0.1, 0.15) is 16.1 Å². The molecule has 0 radical (unpaired) electrons. The lowest BCUT2D eigenvalue weighted by Gasteiger charge is -2.34. The van der Waals surface area contributed by atoms with E-state index in [4.69, 9.17) is 9.47 Å². The van der Waals surface area contributed by atoms with Crippen LogP contribution in [0.25, 0.3) is 0 Å². The van der Waals surface area contributed by atoms with Crippen molar-refractivity contribution in [2.75, 3.05) is 45.3 Å². The number of anilines is 1. The number of amides is 1. The molecular weight excluding hydrogens is 326 g/mol. The van der Waals surface area contributed by atoms with Gasteiger partial charge in [0.05, 0.1) is 19.9 Å². The summed E-state index contributed by atoms with van der Waals surface area (Å²) < 4.78 is 10.5. The van der Waals surface area contributed by atoms with Crippen molar-refractivity contribution in [3.8, 4) is 11.5 Å². The molecule has 0 saturated carbocycles. The fourth-order valence-electron chi connectivity index (χ4n) is 2.74. The second kappa shape index (κ2) is 7.09. The van der Waals surface area contributed by atoms with Crippen LogP contribution in [0.15, 0.2) is 23.6 Å². The van der Waals surface area contributed by atoms with Gasteiger partial charge in [0.1, 0.15) is 0 Å². The minimum atomic E-state index is 0.0194. The van der Waals surface area contributed by atoms with Gasteiger partial charge in [0.2, 0.25) is 0 Å². The zero-order chi connectivity index (χ0) is 17.1. The monoisotopic (exact) mass is 347 g/mol. The second-order valence-electron chi connectivity index (χ2n) is 5.62. The van der Waals surface area contributed by atoms with E-state index in [1.54, 1.807) is 43.8 Å². The van der Waals surface area contributed by atoms with Crippen LogP contribution in [0.5, 0.6) is 11.5 Å². The van der Waals surface area contributed by atoms with Gasteiger partial charge < -0.3 is 19.3 Å². The third kappa shape index (κ3) is 3.31. The molecule has 24 heavy (non-hydrogen) atoms. The minimum Gasteiger partial charge on any atom is -0.493 e. The molecule has 0 atom stereocenters. The van der Waals surface area contributed by atoms with Crippen LogP contribution in [-0.2, 0) is 0 Å². The molecule has 1 amide bonds. The van der Waals surface area contributed by atoms with E-state index < -0.39 is 0 Å². The molecule has 0 bridgehead atoms. The van der Waals surface area contributed by atoms with Crippen molar-refractivity contribution < 1.29 is 14.3 Å². The molecule has 0 N–H and O–H groups in total. The van der Waals surface area contributed by atoms with E-state index in [1.165, 1.54) is 0 Å². The number of piperazine rings is 1. The third-order valence-corrected chi connectivity index (χ3v) is 5.09. The van der Waals surface area contributed by atoms with Gasteiger partial charge in [0.25, 0.3) is 5.91 Å². The topological polar surface area (TPSA) is 54.9 Å². The van der Waals surface area contributed by atoms with Gasteiger partial charge in [-0.25, -0.2) is 4.98 Å². The summed E-state index contributed by atoms with van der Waals surface area (Å²) in [4.78, 5) is 21.3. The Balaban J connectivity index is 1.67. The van der Waals surface area contributed by atoms with Gasteiger partial charge in [-0.05, 0) is 25.1 Å². The third-order valence-electron chi connectivity index (χ3n) is 4.07. The number of rotatable bonds is 4. The first-order chi connectivity index (χ1) is 11.6. The summed E-state index contributed by atoms with van der Waals surface area (Å²) in [7, 11) is 3.15. The molecular formula is C17H21N3O3S. The lowest BCUT2D eigenvalue weighted by molar-refractivity contribution is 0.0746. The van der Waals surface area contributed by atoms with Crippen LogP contribution in [0, 0.1) is 6.92 Å². The smallest absolute Gasteiger partial charge is 0.254 e. The number of carbonyl (C=O) groups is 1. The molecule has 1 aromatic heterocycles. The van der Waals surface area contributed by atoms with Crippen LogP contribution >= 0.6 is 11.3 Å². The average molecular weight is 347 g/mol. The average Bonchev–Trinajstić information content (AvgIpc) is 3.07. The zero-order valence-electron chi connectivity index (χ0n) is 14.1. The first kappa shape index (κ1) is 16.6. The van der Waals surface area contributed by atoms with Gasteiger partial charge in [-0.3, -0.25) is 4.79 Å². The molecule has 1 aromatic carbocycles. The molecule has 2 heterocycles. The highest BCUT2D eigenvalue weighted by atomic mass is 32.1. The molecule has 3 rings (SSSR count). The largest absolute Gasteiger partial charge is 0.493 e. The van der Waals surface area contributed by atoms with E-state index in [0.29, 0.717) is 30.2 Å². The molecule has 6 nitrogen and oxygen atoms in total. The molecule has 1 aliphatic heterocycles. The Morgan fingerprint density at radius 3 is 2.42 bits per heavy atom. The number of nitrogens with zero attached hydrogens (tertiary/aromatic N) is 3. The van der Waals surface area contributed by atoms with Crippen molar-refractivity contribution in [1.82, 2.24) is 9.88 Å². The maximum atomic E-state index is 12.7. The van der Waals surface area contributed by atoms with Gasteiger partial charge in [0, 0.05) is 37.1 Å². The second-order valence-corrected chi connectivity index (χ2v) is 6.46. The van der Waals surface area contributed by atoms with E-state index in [2.05, 4.69) is 15.3 Å². The van der Waals surface area contributed by atoms with E-state index in [0.717, 1.165) is 23.9 Å². The van der Waals surface area contributed by atoms with E-state index in [9.17, 15) is 4.79 Å². The number of ether oxygens (including phenoxy) is 2. The fraction of sp³-hybridized carbons (Fsp3) is 0.412. The number of hydrogen-bond acceptors (Lipinski definition) is 6. The van der Waals surface area contributed by atoms with Gasteiger partial charge in [-0.15, -0.1) is 11.3 Å². The molecule has 7 heteroatoms. The molecule has 0 aliphatic carbocycles. The Bertz CT molecular complexity index is 724. The van der Waals surface area contributed by atoms with Gasteiger partial charge >= 0.3 is 0 Å². The van der Waals surface area contributed by atoms with Gasteiger partial charge in [-0.2, -0.15) is 0 Å². The van der Waals surface area contributed by atoms with E-state index in [-0.39, 0.29) is 5.91 Å². The molecule has 1 aliphatic rings. The van der Waals surface area contributed by atoms with Gasteiger partial charge in [0.15, 0.2) is 16.6 Å². The predicted octanol–water partition coefficient (Wildman–Crippen LogP) is 2.43. The first-order valence-electron chi connectivity index (χ1n) is 7.80. The summed E-state index contributed by atoms with van der Waals surface area (Å²) in [6, 6.07) is 5.28. The number of aromatic nitrogens is 1. The molecule has 0 spiro atoms. The first-order valence-corrected chi connectivity index (χ1v) is 8.68. The van der Waals surface area contributed by atoms with Crippen molar-refractivity contribution in [3.63, 3.8) is 0 Å². The molecule has 128 valence electrons. The predicted molar refractivity (Wildman–Crippen MR) is 94.5 cm³/mol. The Morgan fingerprint density at radius 2 is 1.83 bits per heavy atom. The lowest BCUT2D eigenvalue weighted by atomic mass is 10.1. The Labute approximate surface area is 145 Å². The minimum absolute atomic E-state index is 0.0194. The maximum absolute atomic E-state index is 12.7. The summed E-state index contributed by atoms with van der Waals surface area (Å²) >= 11 is 1.65. The summed E-state index contributed by atoms with van der Waals surface area (Å²) in [6.07, 6.45) is 0. The van der Waals surface area contributed by atoms with Crippen molar-refractivity contribution >= 4 is 22.4 Å². The van der Waals surface area contributed by atoms with Crippen molar-refractivity contribution in [2.45, 2.75) is 6.92 Å². The standard InChI is InChI=1S/C17H21N3O3S/c1-12-11-24-17(18-12)20-8-6-19(7-9-20)16(21)13-4-5-14(22-2)15(10-13)23-3/h4-5,10-11H,6-9H2,1-3H3. The molecule has 1 saturated heterocycles. The highest BCUT2D eigenvalue weighted by Gasteiger charge is 2.24. The van der Waals surface area contributed by atoms with Crippen LogP contribution in [0.4, 0.5) is 5.13 Å².